The number of nitrogens with one attached hydrogen (secondary N) is 1. The Labute approximate surface area is 134 Å². The first-order chi connectivity index (χ1) is 11.5. The van der Waals surface area contributed by atoms with Crippen LogP contribution in [-0.2, 0) is 6.18 Å². The van der Waals surface area contributed by atoms with E-state index in [1.165, 1.54) is 23.0 Å². The molecular weight excluding hydrogens is 323 g/mol. The predicted octanol–water partition coefficient (Wildman–Crippen LogP) is 3.90. The van der Waals surface area contributed by atoms with Gasteiger partial charge in [-0.1, -0.05) is 5.10 Å². The highest BCUT2D eigenvalue weighted by Crippen LogP contribution is 2.39. The molecule has 0 amide bonds. The van der Waals surface area contributed by atoms with Gasteiger partial charge in [0, 0.05) is 5.92 Å². The molecule has 1 aromatic carbocycles. The molecule has 1 saturated carbocycles. The molecule has 0 aliphatic heterocycles. The lowest BCUT2D eigenvalue weighted by molar-refractivity contribution is -0.137. The molecule has 2 heterocycles. The molecule has 0 unspecified atom stereocenters. The van der Waals surface area contributed by atoms with Gasteiger partial charge in [0.05, 0.1) is 29.3 Å². The summed E-state index contributed by atoms with van der Waals surface area (Å²) in [6.07, 6.45) is 0.926. The Balaban J connectivity index is 1.49. The minimum Gasteiger partial charge on any atom is -0.408 e. The molecule has 24 heavy (non-hydrogen) atoms. The van der Waals surface area contributed by atoms with Crippen LogP contribution in [0.15, 0.2) is 41.1 Å². The van der Waals surface area contributed by atoms with Gasteiger partial charge in [-0.05, 0) is 37.1 Å². The molecular formula is C15H12F3N5O. The molecule has 4 rings (SSSR count). The smallest absolute Gasteiger partial charge is 0.408 e. The topological polar surface area (TPSA) is 68.8 Å². The largest absolute Gasteiger partial charge is 0.416 e. The van der Waals surface area contributed by atoms with Crippen molar-refractivity contribution < 1.29 is 17.6 Å². The van der Waals surface area contributed by atoms with Crippen molar-refractivity contribution in [2.45, 2.75) is 24.9 Å². The Morgan fingerprint density at radius 2 is 1.88 bits per heavy atom. The van der Waals surface area contributed by atoms with Gasteiger partial charge in [-0.3, -0.25) is 0 Å². The molecule has 1 aliphatic rings. The maximum Gasteiger partial charge on any atom is 0.416 e. The summed E-state index contributed by atoms with van der Waals surface area (Å²) in [5.74, 6) is 0.982. The van der Waals surface area contributed by atoms with Crippen LogP contribution in [0, 0.1) is 0 Å². The van der Waals surface area contributed by atoms with Gasteiger partial charge in [0.1, 0.15) is 0 Å². The lowest BCUT2D eigenvalue weighted by atomic mass is 10.2. The van der Waals surface area contributed by atoms with Crippen LogP contribution in [0.3, 0.4) is 0 Å². The Morgan fingerprint density at radius 3 is 2.54 bits per heavy atom. The van der Waals surface area contributed by atoms with Crippen LogP contribution in [0.4, 0.5) is 24.9 Å². The second-order valence-electron chi connectivity index (χ2n) is 5.56. The van der Waals surface area contributed by atoms with Gasteiger partial charge >= 0.3 is 12.2 Å². The second-order valence-corrected chi connectivity index (χ2v) is 5.56. The minimum atomic E-state index is -4.35. The third-order valence-electron chi connectivity index (χ3n) is 3.66. The van der Waals surface area contributed by atoms with Crippen molar-refractivity contribution in [1.29, 1.82) is 0 Å². The summed E-state index contributed by atoms with van der Waals surface area (Å²) < 4.78 is 44.7. The third kappa shape index (κ3) is 2.97. The van der Waals surface area contributed by atoms with E-state index in [9.17, 15) is 13.2 Å². The number of rotatable bonds is 4. The molecule has 1 fully saturated rings. The molecule has 0 spiro atoms. The Bertz CT molecular complexity index is 849. The van der Waals surface area contributed by atoms with Crippen LogP contribution in [0.2, 0.25) is 0 Å². The molecule has 9 heteroatoms. The summed E-state index contributed by atoms with van der Waals surface area (Å²) in [4.78, 5) is 0. The van der Waals surface area contributed by atoms with Gasteiger partial charge in [0.2, 0.25) is 5.89 Å². The van der Waals surface area contributed by atoms with E-state index in [1.807, 2.05) is 0 Å². The van der Waals surface area contributed by atoms with Gasteiger partial charge in [-0.15, -0.1) is 5.10 Å². The number of alkyl halides is 3. The zero-order valence-corrected chi connectivity index (χ0v) is 12.3. The lowest BCUT2D eigenvalue weighted by Gasteiger charge is -2.07. The Morgan fingerprint density at radius 1 is 1.12 bits per heavy atom. The number of aromatic nitrogens is 4. The Kier molecular flexibility index (Phi) is 3.29. The summed E-state index contributed by atoms with van der Waals surface area (Å²) in [5.41, 5.74) is 0.413. The van der Waals surface area contributed by atoms with E-state index in [0.29, 0.717) is 23.2 Å². The molecule has 3 aromatic rings. The number of hydrogen-bond acceptors (Lipinski definition) is 5. The van der Waals surface area contributed by atoms with Gasteiger partial charge < -0.3 is 9.73 Å². The monoisotopic (exact) mass is 335 g/mol. The standard InChI is InChI=1S/C15H12F3N5O/c16-15(17,18)10-3-5-12(6-4-10)23-8-11(7-19-23)20-14-22-21-13(24-14)9-1-2-9/h3-9H,1-2H2,(H,20,22). The minimum absolute atomic E-state index is 0.267. The molecule has 2 aromatic heterocycles. The number of anilines is 2. The fourth-order valence-electron chi connectivity index (χ4n) is 2.24. The van der Waals surface area contributed by atoms with Gasteiger partial charge in [0.15, 0.2) is 0 Å². The lowest BCUT2D eigenvalue weighted by Crippen LogP contribution is -2.05. The van der Waals surface area contributed by atoms with Crippen LogP contribution in [0.1, 0.15) is 30.2 Å². The molecule has 1 aliphatic carbocycles. The van der Waals surface area contributed by atoms with Crippen LogP contribution in [0.5, 0.6) is 0 Å². The molecule has 0 atom stereocenters. The van der Waals surface area contributed by atoms with E-state index >= 15 is 0 Å². The average Bonchev–Trinajstić information content (AvgIpc) is 3.12. The normalized spacial score (nSPS) is 14.8. The molecule has 6 nitrogen and oxygen atoms in total. The van der Waals surface area contributed by atoms with E-state index < -0.39 is 11.7 Å². The highest BCUT2D eigenvalue weighted by molar-refractivity contribution is 5.50. The third-order valence-corrected chi connectivity index (χ3v) is 3.66. The maximum atomic E-state index is 12.6. The van der Waals surface area contributed by atoms with E-state index in [1.54, 1.807) is 6.20 Å². The van der Waals surface area contributed by atoms with Gasteiger partial charge in [0.25, 0.3) is 0 Å². The van der Waals surface area contributed by atoms with Gasteiger partial charge in [-0.2, -0.15) is 18.3 Å². The summed E-state index contributed by atoms with van der Waals surface area (Å²) in [5, 5.41) is 14.9. The number of hydrogen-bond donors (Lipinski definition) is 1. The summed E-state index contributed by atoms with van der Waals surface area (Å²) in [7, 11) is 0. The SMILES string of the molecule is FC(F)(F)c1ccc(-n2cc(Nc3nnc(C4CC4)o3)cn2)cc1. The highest BCUT2D eigenvalue weighted by atomic mass is 19.4. The summed E-state index contributed by atoms with van der Waals surface area (Å²) in [6.45, 7) is 0. The van der Waals surface area contributed by atoms with Crippen LogP contribution in [0.25, 0.3) is 5.69 Å². The van der Waals surface area contributed by atoms with Crippen molar-refractivity contribution in [1.82, 2.24) is 20.0 Å². The van der Waals surface area contributed by atoms with Crippen molar-refractivity contribution in [2.75, 3.05) is 5.32 Å². The summed E-state index contributed by atoms with van der Waals surface area (Å²) in [6, 6.07) is 5.02. The fourth-order valence-corrected chi connectivity index (χ4v) is 2.24. The average molecular weight is 335 g/mol. The zero-order valence-electron chi connectivity index (χ0n) is 12.3. The van der Waals surface area contributed by atoms with Crippen molar-refractivity contribution in [3.8, 4) is 5.69 Å². The quantitative estimate of drug-likeness (QED) is 0.783. The first-order valence-electron chi connectivity index (χ1n) is 7.32. The van der Waals surface area contributed by atoms with Crippen molar-refractivity contribution in [2.24, 2.45) is 0 Å². The molecule has 0 saturated heterocycles. The number of nitrogens with zero attached hydrogens (tertiary/aromatic N) is 4. The van der Waals surface area contributed by atoms with Gasteiger partial charge in [-0.25, -0.2) is 4.68 Å². The molecule has 124 valence electrons. The Hall–Kier alpha value is -2.84. The van der Waals surface area contributed by atoms with Crippen molar-refractivity contribution in [3.63, 3.8) is 0 Å². The number of halogens is 3. The zero-order chi connectivity index (χ0) is 16.7. The summed E-state index contributed by atoms with van der Waals surface area (Å²) >= 11 is 0. The highest BCUT2D eigenvalue weighted by Gasteiger charge is 2.30. The van der Waals surface area contributed by atoms with Crippen molar-refractivity contribution >= 4 is 11.7 Å². The number of benzene rings is 1. The first kappa shape index (κ1) is 14.7. The molecule has 0 radical (unpaired) electrons. The van der Waals surface area contributed by atoms with Crippen LogP contribution >= 0.6 is 0 Å². The van der Waals surface area contributed by atoms with E-state index in [-0.39, 0.29) is 6.01 Å². The first-order valence-corrected chi connectivity index (χ1v) is 7.32. The fraction of sp³-hybridized carbons (Fsp3) is 0.267. The van der Waals surface area contributed by atoms with E-state index in [0.717, 1.165) is 25.0 Å². The maximum absolute atomic E-state index is 12.6. The molecule has 1 N–H and O–H groups in total. The van der Waals surface area contributed by atoms with Crippen LogP contribution in [-0.4, -0.2) is 20.0 Å². The predicted molar refractivity (Wildman–Crippen MR) is 78.1 cm³/mol. The molecule has 0 bridgehead atoms. The van der Waals surface area contributed by atoms with E-state index in [4.69, 9.17) is 4.42 Å². The van der Waals surface area contributed by atoms with Crippen molar-refractivity contribution in [3.05, 3.63) is 48.1 Å². The second kappa shape index (κ2) is 5.36. The van der Waals surface area contributed by atoms with E-state index in [2.05, 4.69) is 20.6 Å². The van der Waals surface area contributed by atoms with Crippen LogP contribution < -0.4 is 5.32 Å².